The fourth-order valence-electron chi connectivity index (χ4n) is 1.66. The summed E-state index contributed by atoms with van der Waals surface area (Å²) in [4.78, 5) is 13.7. The molecule has 1 fully saturated rings. The zero-order chi connectivity index (χ0) is 11.0. The summed E-state index contributed by atoms with van der Waals surface area (Å²) in [6, 6.07) is 0. The minimum atomic E-state index is -0.372. The summed E-state index contributed by atoms with van der Waals surface area (Å²) in [5, 5.41) is 13.4. The van der Waals surface area contributed by atoms with Crippen molar-refractivity contribution in [3.05, 3.63) is 15.5 Å². The van der Waals surface area contributed by atoms with Crippen LogP contribution in [0.25, 0.3) is 0 Å². The number of rotatable bonds is 1. The fraction of sp³-hybridized carbons (Fsp3) is 0.556. The van der Waals surface area contributed by atoms with Crippen LogP contribution in [-0.4, -0.2) is 44.9 Å². The first-order chi connectivity index (χ1) is 7.09. The Morgan fingerprint density at radius 1 is 1.73 bits per heavy atom. The van der Waals surface area contributed by atoms with Crippen molar-refractivity contribution >= 4 is 28.5 Å². The van der Waals surface area contributed by atoms with Crippen LogP contribution in [-0.2, 0) is 7.05 Å². The van der Waals surface area contributed by atoms with E-state index in [1.807, 2.05) is 0 Å². The second-order valence-corrected chi connectivity index (χ2v) is 4.69. The van der Waals surface area contributed by atoms with Crippen molar-refractivity contribution in [3.63, 3.8) is 0 Å². The smallest absolute Gasteiger partial charge is 0.258 e. The first-order valence-electron chi connectivity index (χ1n) is 4.74. The molecule has 0 unspecified atom stereocenters. The number of aliphatic hydroxyl groups is 1. The molecule has 0 radical (unpaired) electrons. The largest absolute Gasteiger partial charge is 0.391 e. The minimum absolute atomic E-state index is 0.0379. The van der Waals surface area contributed by atoms with E-state index < -0.39 is 0 Å². The highest BCUT2D eigenvalue weighted by Gasteiger charge is 2.27. The predicted molar refractivity (Wildman–Crippen MR) is 62.5 cm³/mol. The molecule has 1 aliphatic heterocycles. The third kappa shape index (κ3) is 2.00. The number of aliphatic hydroxyl groups excluding tert-OH is 1. The van der Waals surface area contributed by atoms with E-state index in [1.54, 1.807) is 22.8 Å². The Balaban J connectivity index is 2.18. The molecular weight excluding hydrogens is 309 g/mol. The Morgan fingerprint density at radius 3 is 2.93 bits per heavy atom. The topological polar surface area (TPSA) is 58.4 Å². The number of hydrogen-bond donors (Lipinski definition) is 1. The molecule has 6 heteroatoms. The Labute approximate surface area is 101 Å². The van der Waals surface area contributed by atoms with Crippen molar-refractivity contribution in [2.24, 2.45) is 7.05 Å². The number of amides is 1. The van der Waals surface area contributed by atoms with Gasteiger partial charge >= 0.3 is 0 Å². The lowest BCUT2D eigenvalue weighted by molar-refractivity contribution is 0.0764. The number of β-amino-alcohol motifs (C(OH)–C–C–N with tert-alkyl or cyclic N) is 1. The number of nitrogens with zero attached hydrogens (tertiary/aromatic N) is 3. The Kier molecular flexibility index (Phi) is 2.96. The number of hydrogen-bond acceptors (Lipinski definition) is 3. The van der Waals surface area contributed by atoms with E-state index in [4.69, 9.17) is 0 Å². The van der Waals surface area contributed by atoms with Crippen LogP contribution in [0.5, 0.6) is 0 Å². The van der Waals surface area contributed by atoms with E-state index in [0.29, 0.717) is 25.1 Å². The zero-order valence-electron chi connectivity index (χ0n) is 8.35. The van der Waals surface area contributed by atoms with Crippen molar-refractivity contribution in [2.75, 3.05) is 13.1 Å². The summed E-state index contributed by atoms with van der Waals surface area (Å²) in [5.41, 5.74) is 0.618. The summed E-state index contributed by atoms with van der Waals surface area (Å²) < 4.78 is 2.50. The van der Waals surface area contributed by atoms with Gasteiger partial charge in [0.2, 0.25) is 0 Å². The first-order valence-corrected chi connectivity index (χ1v) is 5.82. The van der Waals surface area contributed by atoms with E-state index >= 15 is 0 Å². The van der Waals surface area contributed by atoms with Gasteiger partial charge < -0.3 is 10.0 Å². The van der Waals surface area contributed by atoms with Gasteiger partial charge in [-0.3, -0.25) is 9.48 Å². The molecule has 2 rings (SSSR count). The summed E-state index contributed by atoms with van der Waals surface area (Å²) in [7, 11) is 1.80. The van der Waals surface area contributed by atoms with Crippen molar-refractivity contribution in [2.45, 2.75) is 12.5 Å². The molecule has 5 nitrogen and oxygen atoms in total. The summed E-state index contributed by atoms with van der Waals surface area (Å²) in [5.74, 6) is -0.0379. The highest BCUT2D eigenvalue weighted by Crippen LogP contribution is 2.17. The van der Waals surface area contributed by atoms with Crippen molar-refractivity contribution in [1.29, 1.82) is 0 Å². The highest BCUT2D eigenvalue weighted by molar-refractivity contribution is 14.1. The number of halogens is 1. The maximum Gasteiger partial charge on any atom is 0.258 e. The van der Waals surface area contributed by atoms with Gasteiger partial charge in [-0.2, -0.15) is 5.10 Å². The van der Waals surface area contributed by atoms with Crippen LogP contribution in [0.15, 0.2) is 6.20 Å². The quantitative estimate of drug-likeness (QED) is 0.754. The molecule has 0 spiro atoms. The lowest BCUT2D eigenvalue weighted by atomic mass is 10.3. The molecule has 1 aromatic heterocycles. The van der Waals surface area contributed by atoms with Gasteiger partial charge in [0.25, 0.3) is 5.91 Å². The maximum absolute atomic E-state index is 12.0. The lowest BCUT2D eigenvalue weighted by Crippen LogP contribution is -2.29. The molecule has 1 saturated heterocycles. The molecule has 1 aromatic rings. The average molecular weight is 321 g/mol. The van der Waals surface area contributed by atoms with E-state index in [2.05, 4.69) is 27.7 Å². The number of aromatic nitrogens is 2. The molecule has 0 aromatic carbocycles. The van der Waals surface area contributed by atoms with Crippen LogP contribution >= 0.6 is 22.6 Å². The van der Waals surface area contributed by atoms with Gasteiger partial charge in [0.05, 0.1) is 17.9 Å². The Bertz CT molecular complexity index is 391. The van der Waals surface area contributed by atoms with Gasteiger partial charge in [-0.25, -0.2) is 0 Å². The maximum atomic E-state index is 12.0. The Morgan fingerprint density at radius 2 is 2.47 bits per heavy atom. The molecule has 1 amide bonds. The second kappa shape index (κ2) is 4.09. The molecule has 1 N–H and O–H groups in total. The molecule has 0 bridgehead atoms. The van der Waals surface area contributed by atoms with Crippen LogP contribution < -0.4 is 0 Å². The van der Waals surface area contributed by atoms with Crippen LogP contribution in [0.1, 0.15) is 16.8 Å². The van der Waals surface area contributed by atoms with E-state index in [1.165, 1.54) is 0 Å². The van der Waals surface area contributed by atoms with Crippen LogP contribution in [0.4, 0.5) is 0 Å². The summed E-state index contributed by atoms with van der Waals surface area (Å²) in [6.45, 7) is 1.06. The lowest BCUT2D eigenvalue weighted by Gasteiger charge is -2.14. The Hall–Kier alpha value is -0.630. The van der Waals surface area contributed by atoms with Gasteiger partial charge in [-0.05, 0) is 29.0 Å². The highest BCUT2D eigenvalue weighted by atomic mass is 127. The monoisotopic (exact) mass is 321 g/mol. The van der Waals surface area contributed by atoms with Gasteiger partial charge in [-0.15, -0.1) is 0 Å². The SMILES string of the molecule is Cn1ncc(C(=O)N2CC[C@@H](O)C2)c1I. The molecule has 0 aliphatic carbocycles. The zero-order valence-corrected chi connectivity index (χ0v) is 10.5. The molecular formula is C9H12IN3O2. The third-order valence-electron chi connectivity index (χ3n) is 2.55. The van der Waals surface area contributed by atoms with Crippen molar-refractivity contribution in [3.8, 4) is 0 Å². The van der Waals surface area contributed by atoms with Gasteiger partial charge in [0.15, 0.2) is 0 Å². The molecule has 2 heterocycles. The molecule has 1 atom stereocenters. The van der Waals surface area contributed by atoms with Crippen molar-refractivity contribution in [1.82, 2.24) is 14.7 Å². The third-order valence-corrected chi connectivity index (χ3v) is 3.83. The van der Waals surface area contributed by atoms with Crippen LogP contribution in [0, 0.1) is 3.70 Å². The van der Waals surface area contributed by atoms with Crippen molar-refractivity contribution < 1.29 is 9.90 Å². The second-order valence-electron chi connectivity index (χ2n) is 3.67. The van der Waals surface area contributed by atoms with Gasteiger partial charge in [0, 0.05) is 20.1 Å². The van der Waals surface area contributed by atoms with Crippen LogP contribution in [0.2, 0.25) is 0 Å². The van der Waals surface area contributed by atoms with E-state index in [-0.39, 0.29) is 12.0 Å². The summed E-state index contributed by atoms with van der Waals surface area (Å²) >= 11 is 2.10. The summed E-state index contributed by atoms with van der Waals surface area (Å²) in [6.07, 6.45) is 1.88. The normalized spacial score (nSPS) is 21.0. The number of aryl methyl sites for hydroxylation is 1. The van der Waals surface area contributed by atoms with Gasteiger partial charge in [0.1, 0.15) is 3.70 Å². The number of likely N-dealkylation sites (tertiary alicyclic amines) is 1. The standard InChI is InChI=1S/C9H12IN3O2/c1-12-8(10)7(4-11-12)9(15)13-3-2-6(14)5-13/h4,6,14H,2-3,5H2,1H3/t6-/m1/s1. The van der Waals surface area contributed by atoms with E-state index in [0.717, 1.165) is 3.70 Å². The van der Waals surface area contributed by atoms with E-state index in [9.17, 15) is 9.90 Å². The minimum Gasteiger partial charge on any atom is -0.391 e. The number of carbonyl (C=O) groups excluding carboxylic acids is 1. The predicted octanol–water partition coefficient (Wildman–Crippen LogP) is 0.231. The van der Waals surface area contributed by atoms with Crippen LogP contribution in [0.3, 0.4) is 0 Å². The average Bonchev–Trinajstić information content (AvgIpc) is 2.75. The molecule has 0 saturated carbocycles. The fourth-order valence-corrected chi connectivity index (χ4v) is 2.16. The number of carbonyl (C=O) groups is 1. The van der Waals surface area contributed by atoms with Gasteiger partial charge in [-0.1, -0.05) is 0 Å². The molecule has 82 valence electrons. The molecule has 1 aliphatic rings. The molecule has 15 heavy (non-hydrogen) atoms. The first kappa shape index (κ1) is 10.9.